The Morgan fingerprint density at radius 1 is 0.571 bits per heavy atom. The second-order valence-corrected chi connectivity index (χ2v) is 14.0. The van der Waals surface area contributed by atoms with Crippen LogP contribution in [0.3, 0.4) is 0 Å². The number of nitrogens with zero attached hydrogens (tertiary/aromatic N) is 12. The normalized spacial score (nSPS) is 31.0. The number of ether oxygens (including phenoxy) is 7. The lowest BCUT2D eigenvalue weighted by molar-refractivity contribution is -0.301. The Labute approximate surface area is 355 Å². The predicted molar refractivity (Wildman–Crippen MR) is 211 cm³/mol. The highest BCUT2D eigenvalue weighted by atomic mass is 16.7. The van der Waals surface area contributed by atoms with Crippen LogP contribution in [0, 0.1) is 0 Å². The summed E-state index contributed by atoms with van der Waals surface area (Å²) >= 11 is 0. The van der Waals surface area contributed by atoms with Gasteiger partial charge in [-0.1, -0.05) is 75.1 Å². The number of esters is 3. The quantitative estimate of drug-likeness (QED) is 0.0593. The van der Waals surface area contributed by atoms with Gasteiger partial charge < -0.3 is 48.5 Å². The molecule has 3 aliphatic rings. The summed E-state index contributed by atoms with van der Waals surface area (Å²) in [6.07, 6.45) is -18.9. The molecule has 3 aromatic rings. The SMILES string of the molecule is [N-]=[N+]=NC[C@H]1O[C@@H](OC2C(O)[C@H](O[C@H]3OC(CO)[C@@H](O)C(OC(=O)c4ccccc4)C3N=[N+]=[N-])C(N=[N+]=[N-])C[C@H]2N=[N+]=[N-])[C@@H](OC(=O)c2ccccc2)C1OC(=O)c1ccccc1. The van der Waals surface area contributed by atoms with Crippen molar-refractivity contribution in [3.8, 4) is 0 Å². The third-order valence-electron chi connectivity index (χ3n) is 10.3. The van der Waals surface area contributed by atoms with Crippen LogP contribution >= 0.6 is 0 Å². The highest BCUT2D eigenvalue weighted by molar-refractivity contribution is 5.90. The van der Waals surface area contributed by atoms with Crippen LogP contribution in [0.5, 0.6) is 0 Å². The van der Waals surface area contributed by atoms with E-state index in [1.807, 2.05) is 0 Å². The summed E-state index contributed by atoms with van der Waals surface area (Å²) in [6, 6.07) is 18.5. The first kappa shape index (κ1) is 45.6. The highest BCUT2D eigenvalue weighted by Gasteiger charge is 2.56. The van der Waals surface area contributed by atoms with Crippen LogP contribution in [-0.2, 0) is 33.2 Å². The average Bonchev–Trinajstić information content (AvgIpc) is 3.61. The van der Waals surface area contributed by atoms with E-state index in [-0.39, 0.29) is 16.7 Å². The molecule has 3 N–H and O–H groups in total. The Kier molecular flexibility index (Phi) is 15.7. The number of carbonyl (C=O) groups is 3. The maximum absolute atomic E-state index is 13.6. The van der Waals surface area contributed by atoms with E-state index in [1.165, 1.54) is 36.4 Å². The Morgan fingerprint density at radius 3 is 1.48 bits per heavy atom. The van der Waals surface area contributed by atoms with Gasteiger partial charge in [-0.25, -0.2) is 14.4 Å². The Hall–Kier alpha value is -6.97. The number of carbonyl (C=O) groups excluding carboxylic acids is 3. The molecule has 14 atom stereocenters. The molecule has 0 aromatic heterocycles. The molecule has 6 rings (SSSR count). The Morgan fingerprint density at radius 2 is 1.02 bits per heavy atom. The van der Waals surface area contributed by atoms with E-state index in [0.29, 0.717) is 0 Å². The van der Waals surface area contributed by atoms with E-state index in [0.717, 1.165) is 0 Å². The molecule has 25 nitrogen and oxygen atoms in total. The molecular weight excluding hydrogens is 832 g/mol. The zero-order chi connectivity index (χ0) is 44.9. The fourth-order valence-corrected chi connectivity index (χ4v) is 7.28. The molecule has 2 aliphatic heterocycles. The van der Waals surface area contributed by atoms with Crippen molar-refractivity contribution < 1.29 is 62.9 Å². The number of rotatable bonds is 16. The molecule has 0 bridgehead atoms. The summed E-state index contributed by atoms with van der Waals surface area (Å²) in [5, 5.41) is 48.1. The average molecular weight is 871 g/mol. The second kappa shape index (κ2) is 21.7. The fourth-order valence-electron chi connectivity index (χ4n) is 7.28. The topological polar surface area (TPSA) is 372 Å². The van der Waals surface area contributed by atoms with Crippen molar-refractivity contribution in [1.82, 2.24) is 0 Å². The standard InChI is InChI=1S/C38H38N12O13/c39-47-43-17-24-31(59-34(54)19-10-4-1-5-11-19)33(61-36(56)21-14-8-3-9-15-21)38(57-24)63-30-23(45-49-41)16-22(44-48-40)29(28(30)53)62-37-26(46-50-42)32(27(52)25(18-51)58-37)60-35(55)20-12-6-2-7-13-20/h1-15,22-33,37-38,51-53H,16-18H2/t22?,23-,24-,25?,26?,27-,28?,29-,30?,31?,32?,33+,37-,38+/m1/s1. The predicted octanol–water partition coefficient (Wildman–Crippen LogP) is 4.35. The summed E-state index contributed by atoms with van der Waals surface area (Å²) in [5.74, 6) is -2.76. The molecule has 1 saturated carbocycles. The van der Waals surface area contributed by atoms with Crippen LogP contribution in [0.1, 0.15) is 37.5 Å². The molecule has 0 spiro atoms. The van der Waals surface area contributed by atoms with Crippen molar-refractivity contribution >= 4 is 17.9 Å². The monoisotopic (exact) mass is 870 g/mol. The third kappa shape index (κ3) is 10.7. The molecule has 0 radical (unpaired) electrons. The molecule has 328 valence electrons. The molecule has 0 amide bonds. The number of azide groups is 4. The first-order valence-corrected chi connectivity index (χ1v) is 19.1. The summed E-state index contributed by atoms with van der Waals surface area (Å²) in [5.41, 5.74) is 38.1. The summed E-state index contributed by atoms with van der Waals surface area (Å²) in [6.45, 7) is -1.34. The first-order valence-electron chi connectivity index (χ1n) is 19.1. The lowest BCUT2D eigenvalue weighted by atomic mass is 9.84. The van der Waals surface area contributed by atoms with E-state index < -0.39 is 123 Å². The number of benzene rings is 3. The molecule has 2 saturated heterocycles. The van der Waals surface area contributed by atoms with E-state index in [1.54, 1.807) is 54.6 Å². The van der Waals surface area contributed by atoms with Crippen LogP contribution < -0.4 is 0 Å². The molecule has 3 fully saturated rings. The van der Waals surface area contributed by atoms with Gasteiger partial charge in [0.05, 0.1) is 54.1 Å². The zero-order valence-electron chi connectivity index (χ0n) is 32.7. The molecule has 2 heterocycles. The summed E-state index contributed by atoms with van der Waals surface area (Å²) in [4.78, 5) is 51.4. The minimum atomic E-state index is -2.00. The minimum Gasteiger partial charge on any atom is -0.455 e. The van der Waals surface area contributed by atoms with Gasteiger partial charge in [-0.2, -0.15) is 0 Å². The molecule has 1 aliphatic carbocycles. The first-order chi connectivity index (χ1) is 30.6. The zero-order valence-corrected chi connectivity index (χ0v) is 32.7. The van der Waals surface area contributed by atoms with Crippen molar-refractivity contribution in [3.05, 3.63) is 149 Å². The van der Waals surface area contributed by atoms with E-state index in [4.69, 9.17) is 33.2 Å². The fraction of sp³-hybridized carbons (Fsp3) is 0.447. The van der Waals surface area contributed by atoms with Crippen LogP contribution in [0.25, 0.3) is 41.8 Å². The summed E-state index contributed by atoms with van der Waals surface area (Å²) in [7, 11) is 0. The van der Waals surface area contributed by atoms with E-state index >= 15 is 0 Å². The largest absolute Gasteiger partial charge is 0.455 e. The number of aliphatic hydroxyl groups is 3. The highest BCUT2D eigenvalue weighted by Crippen LogP contribution is 2.38. The second-order valence-electron chi connectivity index (χ2n) is 14.0. The smallest absolute Gasteiger partial charge is 0.338 e. The van der Waals surface area contributed by atoms with Crippen molar-refractivity contribution in [2.45, 2.75) is 92.1 Å². The van der Waals surface area contributed by atoms with Crippen LogP contribution in [0.15, 0.2) is 111 Å². The number of aliphatic hydroxyl groups excluding tert-OH is 3. The summed E-state index contributed by atoms with van der Waals surface area (Å²) < 4.78 is 41.5. The van der Waals surface area contributed by atoms with Gasteiger partial charge >= 0.3 is 17.9 Å². The Balaban J connectivity index is 1.34. The maximum Gasteiger partial charge on any atom is 0.338 e. The molecule has 25 heteroatoms. The van der Waals surface area contributed by atoms with Crippen LogP contribution in [-0.4, -0.2) is 132 Å². The van der Waals surface area contributed by atoms with Gasteiger partial charge in [-0.05, 0) is 64.9 Å². The van der Waals surface area contributed by atoms with Gasteiger partial charge in [0.1, 0.15) is 36.6 Å². The van der Waals surface area contributed by atoms with Crippen LogP contribution in [0.2, 0.25) is 0 Å². The van der Waals surface area contributed by atoms with Crippen LogP contribution in [0.4, 0.5) is 0 Å². The van der Waals surface area contributed by atoms with Gasteiger partial charge in [0.2, 0.25) is 0 Å². The third-order valence-corrected chi connectivity index (χ3v) is 10.3. The Bertz CT molecular complexity index is 2260. The van der Waals surface area contributed by atoms with Gasteiger partial charge in [0.25, 0.3) is 0 Å². The molecule has 7 unspecified atom stereocenters. The lowest BCUT2D eigenvalue weighted by Crippen LogP contribution is -2.63. The molecule has 3 aromatic carbocycles. The minimum absolute atomic E-state index is 0.0599. The number of hydrogen-bond acceptors (Lipinski definition) is 17. The molecule has 63 heavy (non-hydrogen) atoms. The van der Waals surface area contributed by atoms with E-state index in [2.05, 4.69) is 40.1 Å². The molecular formula is C38H38N12O13. The van der Waals surface area contributed by atoms with Crippen molar-refractivity contribution in [1.29, 1.82) is 0 Å². The van der Waals surface area contributed by atoms with Gasteiger partial charge in [0.15, 0.2) is 24.8 Å². The van der Waals surface area contributed by atoms with Crippen molar-refractivity contribution in [2.75, 3.05) is 13.2 Å². The van der Waals surface area contributed by atoms with Gasteiger partial charge in [0, 0.05) is 19.6 Å². The van der Waals surface area contributed by atoms with Gasteiger partial charge in [-0.3, -0.25) is 0 Å². The van der Waals surface area contributed by atoms with Crippen molar-refractivity contribution in [2.24, 2.45) is 20.5 Å². The van der Waals surface area contributed by atoms with E-state index in [9.17, 15) is 51.8 Å². The van der Waals surface area contributed by atoms with Gasteiger partial charge in [-0.15, -0.1) is 0 Å². The number of hydrogen-bond donors (Lipinski definition) is 3. The maximum atomic E-state index is 13.6. The van der Waals surface area contributed by atoms with Crippen molar-refractivity contribution in [3.63, 3.8) is 0 Å². The lowest BCUT2D eigenvalue weighted by Gasteiger charge is -2.47.